The summed E-state index contributed by atoms with van der Waals surface area (Å²) in [6.07, 6.45) is 0. The first-order valence-corrected chi connectivity index (χ1v) is 4.08. The van der Waals surface area contributed by atoms with Crippen LogP contribution in [0.5, 0.6) is 0 Å². The maximum absolute atomic E-state index is 8.29. The summed E-state index contributed by atoms with van der Waals surface area (Å²) in [5.41, 5.74) is 1.62. The molecule has 2 nitrogen and oxygen atoms in total. The first-order chi connectivity index (χ1) is 6.84. The zero-order valence-electron chi connectivity index (χ0n) is 8.13. The van der Waals surface area contributed by atoms with Gasteiger partial charge in [-0.15, -0.1) is 10.7 Å². The third-order valence-corrected chi connectivity index (χ3v) is 1.58. The van der Waals surface area contributed by atoms with Crippen LogP contribution in [-0.4, -0.2) is 10.9 Å². The van der Waals surface area contributed by atoms with Crippen LogP contribution in [0.25, 0.3) is 0 Å². The molecule has 0 saturated heterocycles. The van der Waals surface area contributed by atoms with E-state index in [0.717, 1.165) is 5.56 Å². The minimum Gasteiger partial charge on any atom is -0.999 e. The second kappa shape index (κ2) is 8.04. The van der Waals surface area contributed by atoms with Gasteiger partial charge in [-0.3, -0.25) is 0 Å². The van der Waals surface area contributed by atoms with Crippen molar-refractivity contribution in [3.8, 4) is 0 Å². The van der Waals surface area contributed by atoms with Crippen LogP contribution < -0.4 is 0 Å². The molecule has 0 spiro atoms. The summed E-state index contributed by atoms with van der Waals surface area (Å²) >= 11 is 0. The van der Waals surface area contributed by atoms with E-state index in [1.807, 2.05) is 24.3 Å². The van der Waals surface area contributed by atoms with Crippen LogP contribution in [-0.2, 0) is 17.1 Å². The van der Waals surface area contributed by atoms with Crippen LogP contribution in [0.15, 0.2) is 35.5 Å². The van der Waals surface area contributed by atoms with Gasteiger partial charge in [-0.2, -0.15) is 12.1 Å². The molecule has 2 rings (SSSR count). The molecule has 0 saturated carbocycles. The predicted octanol–water partition coefficient (Wildman–Crippen LogP) is 2.21. The first kappa shape index (κ1) is 13.7. The van der Waals surface area contributed by atoms with Gasteiger partial charge in [0.1, 0.15) is 0 Å². The number of nitrogens with zero attached hydrogens (tertiary/aromatic N) is 1. The molecule has 0 unspecified atom stereocenters. The fraction of sp³-hybridized carbons (Fsp3) is 0.0833. The van der Waals surface area contributed by atoms with Crippen LogP contribution in [0.2, 0.25) is 0 Å². The normalized spacial score (nSPS) is 9.80. The van der Waals surface area contributed by atoms with E-state index in [4.69, 9.17) is 5.21 Å². The quantitative estimate of drug-likeness (QED) is 0.267. The fourth-order valence-electron chi connectivity index (χ4n) is 0.853. The molecule has 0 amide bonds. The number of rotatable bonds is 1. The molecular formula is C12H9FeNO-6. The molecule has 2 aromatic carbocycles. The van der Waals surface area contributed by atoms with E-state index in [9.17, 15) is 0 Å². The summed E-state index contributed by atoms with van der Waals surface area (Å²) in [6, 6.07) is 19.6. The Labute approximate surface area is 100 Å². The van der Waals surface area contributed by atoms with E-state index in [1.54, 1.807) is 13.0 Å². The first-order valence-electron chi connectivity index (χ1n) is 4.08. The molecule has 82 valence electrons. The average Bonchev–Trinajstić information content (AvgIpc) is 2.91. The zero-order chi connectivity index (χ0) is 10.2. The Bertz CT molecular complexity index is 332. The SMILES string of the molecule is C/C(=N\O)[c-]1cccc1.[Fe].[c-]1[c-][c-][cH-][c-]1. The van der Waals surface area contributed by atoms with Crippen molar-refractivity contribution < 1.29 is 22.3 Å². The molecule has 1 N–H and O–H groups in total. The van der Waals surface area contributed by atoms with E-state index in [0.29, 0.717) is 5.71 Å². The van der Waals surface area contributed by atoms with Gasteiger partial charge in [0.25, 0.3) is 0 Å². The van der Waals surface area contributed by atoms with Crippen molar-refractivity contribution in [3.63, 3.8) is 0 Å². The number of hydrogen-bond donors (Lipinski definition) is 1. The summed E-state index contributed by atoms with van der Waals surface area (Å²) in [5.74, 6) is 0. The molecule has 3 heteroatoms. The Kier molecular flexibility index (Phi) is 7.33. The summed E-state index contributed by atoms with van der Waals surface area (Å²) < 4.78 is 0. The Hall–Kier alpha value is -1.31. The second-order valence-electron chi connectivity index (χ2n) is 2.54. The van der Waals surface area contributed by atoms with Crippen molar-refractivity contribution in [2.75, 3.05) is 0 Å². The van der Waals surface area contributed by atoms with Crippen molar-refractivity contribution in [2.24, 2.45) is 5.16 Å². The van der Waals surface area contributed by atoms with Gasteiger partial charge in [-0.1, -0.05) is 0 Å². The van der Waals surface area contributed by atoms with E-state index < -0.39 is 0 Å². The topological polar surface area (TPSA) is 32.6 Å². The molecule has 0 radical (unpaired) electrons. The van der Waals surface area contributed by atoms with Crippen LogP contribution >= 0.6 is 0 Å². The molecular weight excluding hydrogens is 230 g/mol. The van der Waals surface area contributed by atoms with Crippen molar-refractivity contribution in [3.05, 3.63) is 60.2 Å². The maximum atomic E-state index is 8.29. The predicted molar refractivity (Wildman–Crippen MR) is 53.4 cm³/mol. The van der Waals surface area contributed by atoms with Gasteiger partial charge in [-0.05, 0) is 6.92 Å². The third kappa shape index (κ3) is 5.21. The fourth-order valence-corrected chi connectivity index (χ4v) is 0.853. The van der Waals surface area contributed by atoms with Crippen molar-refractivity contribution in [1.29, 1.82) is 0 Å². The molecule has 2 aromatic rings. The van der Waals surface area contributed by atoms with Gasteiger partial charge in [0.15, 0.2) is 0 Å². The molecule has 0 aromatic heterocycles. The summed E-state index contributed by atoms with van der Waals surface area (Å²) in [5, 5.41) is 11.3. The van der Waals surface area contributed by atoms with E-state index >= 15 is 0 Å². The zero-order valence-corrected chi connectivity index (χ0v) is 9.24. The second-order valence-corrected chi connectivity index (χ2v) is 2.54. The molecule has 0 atom stereocenters. The minimum atomic E-state index is 0. The van der Waals surface area contributed by atoms with Crippen LogP contribution in [0, 0.1) is 24.3 Å². The van der Waals surface area contributed by atoms with Crippen LogP contribution in [0.1, 0.15) is 12.5 Å². The molecule has 0 aliphatic heterocycles. The molecule has 0 heterocycles. The molecule has 0 aliphatic rings. The minimum absolute atomic E-state index is 0. The Balaban J connectivity index is 0.000000280. The van der Waals surface area contributed by atoms with Crippen LogP contribution in [0.3, 0.4) is 0 Å². The molecule has 0 aliphatic carbocycles. The molecule has 15 heavy (non-hydrogen) atoms. The summed E-state index contributed by atoms with van der Waals surface area (Å²) in [4.78, 5) is 0. The van der Waals surface area contributed by atoms with Crippen molar-refractivity contribution >= 4 is 5.71 Å². The third-order valence-electron chi connectivity index (χ3n) is 1.58. The van der Waals surface area contributed by atoms with Gasteiger partial charge >= 0.3 is 0 Å². The maximum Gasteiger partial charge on any atom is 0.0289 e. The number of hydrogen-bond acceptors (Lipinski definition) is 2. The smallest absolute Gasteiger partial charge is 0.0289 e. The van der Waals surface area contributed by atoms with Gasteiger partial charge in [0.05, 0.1) is 0 Å². The van der Waals surface area contributed by atoms with Crippen LogP contribution in [0.4, 0.5) is 0 Å². The Morgan fingerprint density at radius 2 is 1.80 bits per heavy atom. The Morgan fingerprint density at radius 3 is 2.13 bits per heavy atom. The van der Waals surface area contributed by atoms with Gasteiger partial charge in [-0.25, -0.2) is 12.1 Å². The van der Waals surface area contributed by atoms with Gasteiger partial charge in [0, 0.05) is 22.8 Å². The van der Waals surface area contributed by atoms with E-state index in [-0.39, 0.29) is 17.1 Å². The standard InChI is InChI=1S/C7H8NO.C5H.Fe/c1-6(8-9)7-4-2-3-5-7;1-2-4-5-3-1;/h2-5,9H,1H3;1H;/q-1;-5;/b8-6+;;. The molecule has 0 fully saturated rings. The summed E-state index contributed by atoms with van der Waals surface area (Å²) in [6.45, 7) is 1.76. The largest absolute Gasteiger partial charge is 0.999 e. The van der Waals surface area contributed by atoms with E-state index in [1.165, 1.54) is 0 Å². The number of oxime groups is 1. The average molecular weight is 239 g/mol. The van der Waals surface area contributed by atoms with E-state index in [2.05, 4.69) is 29.4 Å². The van der Waals surface area contributed by atoms with Gasteiger partial charge in [0.2, 0.25) is 0 Å². The summed E-state index contributed by atoms with van der Waals surface area (Å²) in [7, 11) is 0. The van der Waals surface area contributed by atoms with Crippen molar-refractivity contribution in [1.82, 2.24) is 0 Å². The van der Waals surface area contributed by atoms with Gasteiger partial charge < -0.3 is 35.5 Å². The monoisotopic (exact) mass is 239 g/mol. The Morgan fingerprint density at radius 1 is 1.27 bits per heavy atom. The molecule has 0 bridgehead atoms. The van der Waals surface area contributed by atoms with Crippen molar-refractivity contribution in [2.45, 2.75) is 6.92 Å².